The lowest BCUT2D eigenvalue weighted by molar-refractivity contribution is -0.145. The Bertz CT molecular complexity index is 2220. The minimum atomic E-state index is -0.813. The van der Waals surface area contributed by atoms with Gasteiger partial charge < -0.3 is 25.0 Å². The molecule has 4 N–H and O–H groups in total. The number of imidazole rings is 1. The van der Waals surface area contributed by atoms with Gasteiger partial charge in [-0.25, -0.2) is 14.8 Å². The summed E-state index contributed by atoms with van der Waals surface area (Å²) in [5.41, 5.74) is 17.2. The summed E-state index contributed by atoms with van der Waals surface area (Å²) in [6.07, 6.45) is 8.86. The van der Waals surface area contributed by atoms with E-state index in [-0.39, 0.29) is 30.6 Å². The van der Waals surface area contributed by atoms with Crippen molar-refractivity contribution >= 4 is 51.2 Å². The number of carbonyl (C=O) groups excluding carboxylic acids is 2. The van der Waals surface area contributed by atoms with Gasteiger partial charge in [-0.05, 0) is 92.5 Å². The molecule has 0 spiro atoms. The number of carbonyl (C=O) groups is 2. The van der Waals surface area contributed by atoms with Crippen LogP contribution in [0.5, 0.6) is 0 Å². The Morgan fingerprint density at radius 3 is 2.56 bits per heavy atom. The molecule has 10 heteroatoms. The third-order valence-electron chi connectivity index (χ3n) is 11.0. The normalized spacial score (nSPS) is 17.2. The minimum Gasteiger partial charge on any atom is -0.467 e. The van der Waals surface area contributed by atoms with Gasteiger partial charge in [-0.1, -0.05) is 26.5 Å². The summed E-state index contributed by atoms with van der Waals surface area (Å²) in [6.45, 7) is 15.0. The van der Waals surface area contributed by atoms with Crippen molar-refractivity contribution in [1.29, 1.82) is 0 Å². The van der Waals surface area contributed by atoms with Crippen LogP contribution >= 0.6 is 0 Å². The van der Waals surface area contributed by atoms with E-state index in [9.17, 15) is 9.59 Å². The molecule has 0 saturated heterocycles. The molecular formula is C40H45N7O3. The van der Waals surface area contributed by atoms with Crippen molar-refractivity contribution in [2.45, 2.75) is 91.0 Å². The van der Waals surface area contributed by atoms with Crippen molar-refractivity contribution in [3.63, 3.8) is 0 Å². The average Bonchev–Trinajstić information content (AvgIpc) is 3.95. The summed E-state index contributed by atoms with van der Waals surface area (Å²) < 4.78 is 5.00. The summed E-state index contributed by atoms with van der Waals surface area (Å²) in [4.78, 5) is 51.1. The molecule has 0 aromatic carbocycles. The lowest BCUT2D eigenvalue weighted by Gasteiger charge is -2.19. The van der Waals surface area contributed by atoms with E-state index in [0.29, 0.717) is 6.42 Å². The first-order valence-corrected chi connectivity index (χ1v) is 17.5. The first kappa shape index (κ1) is 33.3. The highest BCUT2D eigenvalue weighted by atomic mass is 16.5. The number of hydrogen-bond acceptors (Lipinski definition) is 6. The smallest absolute Gasteiger partial charge is 0.328 e. The number of esters is 1. The number of allylic oxidation sites excluding steroid dienone is 2. The third kappa shape index (κ3) is 5.76. The van der Waals surface area contributed by atoms with Crippen LogP contribution in [0.1, 0.15) is 108 Å². The molecule has 10 nitrogen and oxygen atoms in total. The van der Waals surface area contributed by atoms with Crippen LogP contribution in [0, 0.1) is 13.8 Å². The molecule has 7 rings (SSSR count). The van der Waals surface area contributed by atoms with Crippen LogP contribution in [-0.2, 0) is 33.6 Å². The highest BCUT2D eigenvalue weighted by Crippen LogP contribution is 2.47. The summed E-state index contributed by atoms with van der Waals surface area (Å²) >= 11 is 0. The van der Waals surface area contributed by atoms with E-state index >= 15 is 0 Å². The van der Waals surface area contributed by atoms with Crippen LogP contribution in [0.15, 0.2) is 37.3 Å². The van der Waals surface area contributed by atoms with E-state index < -0.39 is 12.0 Å². The summed E-state index contributed by atoms with van der Waals surface area (Å²) in [5.74, 6) is -0.652. The molecular weight excluding hydrogens is 626 g/mol. The highest BCUT2D eigenvalue weighted by Gasteiger charge is 2.36. The van der Waals surface area contributed by atoms with Crippen LogP contribution in [0.2, 0.25) is 0 Å². The fraction of sp³-hybridized carbons (Fsp3) is 0.375. The maximum absolute atomic E-state index is 13.4. The van der Waals surface area contributed by atoms with Gasteiger partial charge in [0.25, 0.3) is 0 Å². The fourth-order valence-corrected chi connectivity index (χ4v) is 8.04. The third-order valence-corrected chi connectivity index (χ3v) is 11.0. The molecule has 0 saturated carbocycles. The van der Waals surface area contributed by atoms with Gasteiger partial charge in [-0.2, -0.15) is 0 Å². The number of aromatic nitrogens is 6. The topological polar surface area (TPSA) is 141 Å². The summed E-state index contributed by atoms with van der Waals surface area (Å²) in [7, 11) is 1.33. The van der Waals surface area contributed by atoms with Gasteiger partial charge in [-0.3, -0.25) is 9.78 Å². The number of methoxy groups -OCH3 is 1. The number of rotatable bonds is 9. The van der Waals surface area contributed by atoms with Crippen molar-refractivity contribution in [3.8, 4) is 0 Å². The van der Waals surface area contributed by atoms with E-state index in [1.807, 2.05) is 6.08 Å². The van der Waals surface area contributed by atoms with Crippen LogP contribution in [0.3, 0.4) is 0 Å². The van der Waals surface area contributed by atoms with Gasteiger partial charge in [0.1, 0.15) is 6.04 Å². The largest absolute Gasteiger partial charge is 0.467 e. The predicted molar refractivity (Wildman–Crippen MR) is 197 cm³/mol. The molecule has 0 radical (unpaired) electrons. The van der Waals surface area contributed by atoms with E-state index in [2.05, 4.69) is 84.6 Å². The van der Waals surface area contributed by atoms with Crippen LogP contribution in [0.25, 0.3) is 39.3 Å². The molecule has 50 heavy (non-hydrogen) atoms. The van der Waals surface area contributed by atoms with Gasteiger partial charge in [0.15, 0.2) is 0 Å². The molecule has 2 aliphatic heterocycles. The zero-order valence-corrected chi connectivity index (χ0v) is 29.7. The average molecular weight is 672 g/mol. The molecule has 1 aliphatic carbocycles. The Morgan fingerprint density at radius 2 is 1.84 bits per heavy atom. The quantitative estimate of drug-likeness (QED) is 0.138. The molecule has 258 valence electrons. The van der Waals surface area contributed by atoms with Crippen molar-refractivity contribution in [2.24, 2.45) is 0 Å². The number of fused-ring (bicyclic) bond motifs is 8. The first-order valence-electron chi connectivity index (χ1n) is 17.5. The highest BCUT2D eigenvalue weighted by molar-refractivity contribution is 5.95. The number of amides is 1. The van der Waals surface area contributed by atoms with E-state index in [0.717, 1.165) is 80.9 Å². The van der Waals surface area contributed by atoms with Gasteiger partial charge >= 0.3 is 5.97 Å². The summed E-state index contributed by atoms with van der Waals surface area (Å²) in [5, 5.41) is 2.91. The number of ether oxygens (including phenoxy) is 1. The number of aryl methyl sites for hydroxylation is 3. The molecule has 1 amide bonds. The fourth-order valence-electron chi connectivity index (χ4n) is 8.04. The van der Waals surface area contributed by atoms with E-state index in [4.69, 9.17) is 14.7 Å². The molecule has 4 aromatic heterocycles. The van der Waals surface area contributed by atoms with Crippen molar-refractivity contribution in [3.05, 3.63) is 93.6 Å². The number of hydrogen-bond donors (Lipinski definition) is 4. The van der Waals surface area contributed by atoms with E-state index in [1.54, 1.807) is 12.5 Å². The van der Waals surface area contributed by atoms with Crippen LogP contribution < -0.4 is 5.32 Å². The molecule has 4 aromatic rings. The Hall–Kier alpha value is -5.25. The lowest BCUT2D eigenvalue weighted by atomic mass is 9.85. The number of aromatic amines is 3. The second-order valence-electron chi connectivity index (χ2n) is 13.7. The molecule has 0 unspecified atom stereocenters. The minimum absolute atomic E-state index is 0.00249. The monoisotopic (exact) mass is 671 g/mol. The van der Waals surface area contributed by atoms with Gasteiger partial charge in [0.2, 0.25) is 5.91 Å². The van der Waals surface area contributed by atoms with Crippen molar-refractivity contribution in [1.82, 2.24) is 35.2 Å². The number of nitrogens with one attached hydrogen (secondary N) is 4. The number of H-pyrrole nitrogens is 3. The van der Waals surface area contributed by atoms with Gasteiger partial charge in [0, 0.05) is 81.1 Å². The zero-order chi connectivity index (χ0) is 35.3. The van der Waals surface area contributed by atoms with Crippen molar-refractivity contribution < 1.29 is 14.3 Å². The maximum atomic E-state index is 13.4. The number of nitrogens with zero attached hydrogens (tertiary/aromatic N) is 3. The molecule has 6 heterocycles. The Kier molecular flexibility index (Phi) is 8.80. The predicted octanol–water partition coefficient (Wildman–Crippen LogP) is 7.31. The molecule has 3 aliphatic rings. The standard InChI is InChI=1S/C40H45N7O3/c1-8-25-20(3)30-15-32-23(6)28(12-13-37(48)45-36(40(49)50-7)14-24-18-41-19-42-24)39(46-32)29-11-10-27-22(5)33(47-38(27)29)17-35-26(9-2)21(4)31(44-35)16-34(25)43-30/h8,15-19,23,28,36,43-44H,1,9-14H2,2-7H3,(H,41,42)(H,45,48)/t23-,28-,36-/m0/s1. The van der Waals surface area contributed by atoms with E-state index in [1.165, 1.54) is 34.9 Å². The molecule has 0 fully saturated rings. The SMILES string of the molecule is C=Cc1c(C)c2cc3nc(c4c5nc(cc6[nH]c(cc1[nH]2)c(C)c6CC)C(C)=C5CC4)[C@@H](CCC(=O)N[C@@H](Cc1cnc[nH]1)C(=O)OC)[C@@H]3C. The van der Waals surface area contributed by atoms with Crippen LogP contribution in [-0.4, -0.2) is 54.9 Å². The Balaban J connectivity index is 1.34. The lowest BCUT2D eigenvalue weighted by Crippen LogP contribution is -2.43. The molecule has 8 bridgehead atoms. The summed E-state index contributed by atoms with van der Waals surface area (Å²) in [6, 6.07) is 5.74. The Morgan fingerprint density at radius 1 is 1.06 bits per heavy atom. The first-order chi connectivity index (χ1) is 24.1. The van der Waals surface area contributed by atoms with Gasteiger partial charge in [0.05, 0.1) is 24.8 Å². The van der Waals surface area contributed by atoms with Crippen LogP contribution in [0.4, 0.5) is 0 Å². The molecule has 3 atom stereocenters. The van der Waals surface area contributed by atoms with Crippen molar-refractivity contribution in [2.75, 3.05) is 7.11 Å². The second-order valence-corrected chi connectivity index (χ2v) is 13.7. The zero-order valence-electron chi connectivity index (χ0n) is 29.7. The maximum Gasteiger partial charge on any atom is 0.328 e. The second kappa shape index (κ2) is 13.2. The van der Waals surface area contributed by atoms with Gasteiger partial charge in [-0.15, -0.1) is 0 Å². The Labute approximate surface area is 291 Å².